The van der Waals surface area contributed by atoms with Gasteiger partial charge in [-0.25, -0.2) is 9.97 Å². The fourth-order valence-electron chi connectivity index (χ4n) is 7.20. The minimum atomic E-state index is 0. The van der Waals surface area contributed by atoms with Gasteiger partial charge in [-0.1, -0.05) is 142 Å². The Morgan fingerprint density at radius 1 is 0.358 bits per heavy atom. The number of rotatable bonds is 4. The summed E-state index contributed by atoms with van der Waals surface area (Å²) in [6.45, 7) is 6.36. The molecule has 53 heavy (non-hydrogen) atoms. The van der Waals surface area contributed by atoms with Crippen LogP contribution in [0.3, 0.4) is 0 Å². The van der Waals surface area contributed by atoms with E-state index in [-0.39, 0.29) is 23.1 Å². The van der Waals surface area contributed by atoms with Gasteiger partial charge in [-0.3, -0.25) is 0 Å². The van der Waals surface area contributed by atoms with Crippen LogP contribution in [0, 0.1) is 20.8 Å². The summed E-state index contributed by atoms with van der Waals surface area (Å²) in [4.78, 5) is 18.5. The van der Waals surface area contributed by atoms with Gasteiger partial charge in [0.05, 0.1) is 0 Å². The van der Waals surface area contributed by atoms with E-state index < -0.39 is 0 Å². The summed E-state index contributed by atoms with van der Waals surface area (Å²) in [5.41, 5.74) is 19.7. The molecule has 4 nitrogen and oxygen atoms in total. The maximum atomic E-state index is 5.41. The van der Waals surface area contributed by atoms with Gasteiger partial charge < -0.3 is 9.97 Å². The second-order valence-electron chi connectivity index (χ2n) is 13.6. The van der Waals surface area contributed by atoms with E-state index >= 15 is 0 Å². The number of nitrogens with zero attached hydrogens (tertiary/aromatic N) is 2. The predicted octanol–water partition coefficient (Wildman–Crippen LogP) is 10.7. The van der Waals surface area contributed by atoms with Gasteiger partial charge >= 0.3 is 23.1 Å². The number of fused-ring (bicyclic) bond motifs is 8. The summed E-state index contributed by atoms with van der Waals surface area (Å²) >= 11 is 3.64. The van der Waals surface area contributed by atoms with Crippen LogP contribution in [0.25, 0.3) is 90.9 Å². The first-order chi connectivity index (χ1) is 25.4. The van der Waals surface area contributed by atoms with Crippen molar-refractivity contribution in [2.45, 2.75) is 20.8 Å². The zero-order valence-electron chi connectivity index (χ0n) is 29.8. The smallest absolute Gasteiger partial charge is 0.656 e. The molecule has 0 amide bonds. The molecule has 0 fully saturated rings. The number of aromatic nitrogens is 4. The van der Waals surface area contributed by atoms with Gasteiger partial charge in [-0.05, 0) is 55.2 Å². The summed E-state index contributed by atoms with van der Waals surface area (Å²) < 4.78 is 1.03. The summed E-state index contributed by atoms with van der Waals surface area (Å²) in [6.07, 6.45) is 8.69. The molecule has 0 spiro atoms. The molecule has 0 radical (unpaired) electrons. The third-order valence-electron chi connectivity index (χ3n) is 9.91. The molecule has 2 N–H and O–H groups in total. The van der Waals surface area contributed by atoms with E-state index in [9.17, 15) is 0 Å². The molecule has 2 aliphatic rings. The molecule has 0 aliphatic carbocycles. The summed E-state index contributed by atoms with van der Waals surface area (Å²) in [7, 11) is 0. The van der Waals surface area contributed by atoms with Gasteiger partial charge in [0.25, 0.3) is 0 Å². The molecular weight excluding hydrogens is 725 g/mol. The molecule has 250 valence electrons. The molecular formula is C47H35BrMgN4+2. The van der Waals surface area contributed by atoms with E-state index in [0.29, 0.717) is 0 Å². The number of hydrogen-bond acceptors (Lipinski definition) is 0. The van der Waals surface area contributed by atoms with Crippen LogP contribution in [-0.4, -0.2) is 23.1 Å². The Morgan fingerprint density at radius 2 is 0.604 bits per heavy atom. The van der Waals surface area contributed by atoms with Gasteiger partial charge in [0.1, 0.15) is 0 Å². The predicted molar refractivity (Wildman–Crippen MR) is 224 cm³/mol. The normalized spacial score (nSPS) is 11.8. The summed E-state index contributed by atoms with van der Waals surface area (Å²) in [5.74, 6) is 0. The van der Waals surface area contributed by atoms with Crippen LogP contribution in [0.4, 0.5) is 0 Å². The van der Waals surface area contributed by atoms with Crippen molar-refractivity contribution in [3.63, 3.8) is 0 Å². The number of H-pyrrole nitrogens is 2. The Balaban J connectivity index is 0.00000400. The van der Waals surface area contributed by atoms with Crippen molar-refractivity contribution in [1.29, 1.82) is 0 Å². The summed E-state index contributed by atoms with van der Waals surface area (Å²) in [5, 5.41) is 0. The van der Waals surface area contributed by atoms with Gasteiger partial charge in [-0.2, -0.15) is 0 Å². The summed E-state index contributed by atoms with van der Waals surface area (Å²) in [6, 6.07) is 43.1. The van der Waals surface area contributed by atoms with Gasteiger partial charge in [0, 0.05) is 51.0 Å². The van der Waals surface area contributed by atoms with Crippen molar-refractivity contribution in [3.05, 3.63) is 165 Å². The number of benzene rings is 4. The molecule has 0 unspecified atom stereocenters. The first-order valence-corrected chi connectivity index (χ1v) is 18.3. The van der Waals surface area contributed by atoms with E-state index in [1.54, 1.807) is 0 Å². The molecule has 0 saturated heterocycles. The number of hydrogen-bond donors (Lipinski definition) is 0. The Kier molecular flexibility index (Phi) is 9.37. The standard InChI is InChI=1S/C47H33BrN4.Mg/c1-28-4-10-31(11-5-28)44-36-20-22-38(49-36)45(32-12-6-29(2)7-13-32)40-24-26-42(51-40)47(34-16-18-35(48)19-17-34)43-27-25-41(52-43)46(39-23-21-37(44)50-39)33-14-8-30(3)9-15-33;/h4-27H,1-3H3;/q-2;+2/p+2. The molecule has 5 heterocycles. The minimum absolute atomic E-state index is 0. The van der Waals surface area contributed by atoms with Crippen LogP contribution in [0.5, 0.6) is 0 Å². The minimum Gasteiger partial charge on any atom is -0.656 e. The van der Waals surface area contributed by atoms with Gasteiger partial charge in [-0.15, -0.1) is 22.1 Å². The van der Waals surface area contributed by atoms with Crippen LogP contribution >= 0.6 is 15.9 Å². The average Bonchev–Trinajstić information content (AvgIpc) is 3.99. The zero-order valence-corrected chi connectivity index (χ0v) is 32.8. The van der Waals surface area contributed by atoms with Crippen molar-refractivity contribution in [1.82, 2.24) is 9.97 Å². The van der Waals surface area contributed by atoms with Crippen molar-refractivity contribution in [2.24, 2.45) is 0 Å². The van der Waals surface area contributed by atoms with Crippen LogP contribution in [0.15, 0.2) is 126 Å². The third-order valence-corrected chi connectivity index (χ3v) is 10.4. The van der Waals surface area contributed by atoms with Crippen molar-refractivity contribution < 1.29 is 9.97 Å². The SMILES string of the molecule is Cc1ccc(-c2c3[nH+]c(c(-c4ccc(C)cc4)c4ccc([n-]4)c(-c4ccc(Br)cc4)c4[nH+]c(c(-c5ccc(C)cc5)c5ccc2[n-]5)C=C4)C=C3)cc1.[Mg+2]. The zero-order chi connectivity index (χ0) is 35.3. The number of nitrogens with one attached hydrogen (secondary N) is 2. The van der Waals surface area contributed by atoms with Gasteiger partial charge in [0.15, 0.2) is 0 Å². The largest absolute Gasteiger partial charge is 2.00 e. The van der Waals surface area contributed by atoms with Crippen LogP contribution in [0.1, 0.15) is 39.5 Å². The molecule has 7 aromatic rings. The number of aromatic amines is 2. The van der Waals surface area contributed by atoms with Crippen LogP contribution < -0.4 is 19.9 Å². The topological polar surface area (TPSA) is 56.5 Å². The Bertz CT molecular complexity index is 2360. The maximum Gasteiger partial charge on any atom is 2.00 e. The monoisotopic (exact) mass is 758 g/mol. The molecule has 9 rings (SSSR count). The molecule has 6 heteroatoms. The van der Waals surface area contributed by atoms with E-state index in [1.165, 1.54) is 16.7 Å². The number of aryl methyl sites for hydroxylation is 3. The molecule has 8 bridgehead atoms. The van der Waals surface area contributed by atoms with Gasteiger partial charge in [0.2, 0.25) is 22.8 Å². The van der Waals surface area contributed by atoms with Crippen LogP contribution in [-0.2, 0) is 0 Å². The maximum absolute atomic E-state index is 5.41. The molecule has 2 aliphatic heterocycles. The average molecular weight is 760 g/mol. The molecule has 0 saturated carbocycles. The fourth-order valence-corrected chi connectivity index (χ4v) is 7.46. The molecule has 0 atom stereocenters. The Hall–Kier alpha value is -5.27. The number of halogens is 1. The molecule has 4 aromatic carbocycles. The first kappa shape index (κ1) is 34.8. The Labute approximate surface area is 333 Å². The second kappa shape index (κ2) is 14.3. The quantitative estimate of drug-likeness (QED) is 0.168. The first-order valence-electron chi connectivity index (χ1n) is 17.5. The fraction of sp³-hybridized carbons (Fsp3) is 0.0638. The van der Waals surface area contributed by atoms with E-state index in [1.807, 2.05) is 0 Å². The second-order valence-corrected chi connectivity index (χ2v) is 14.5. The van der Waals surface area contributed by atoms with Crippen molar-refractivity contribution in [2.75, 3.05) is 0 Å². The van der Waals surface area contributed by atoms with E-state index in [4.69, 9.17) is 9.97 Å². The third kappa shape index (κ3) is 6.63. The van der Waals surface area contributed by atoms with Crippen molar-refractivity contribution in [3.8, 4) is 44.5 Å². The Morgan fingerprint density at radius 3 is 0.868 bits per heavy atom. The molecule has 3 aromatic heterocycles. The van der Waals surface area contributed by atoms with E-state index in [2.05, 4.69) is 192 Å². The van der Waals surface area contributed by atoms with Crippen molar-refractivity contribution >= 4 is 85.4 Å². The van der Waals surface area contributed by atoms with Crippen LogP contribution in [0.2, 0.25) is 0 Å². The van der Waals surface area contributed by atoms with E-state index in [0.717, 1.165) is 93.8 Å².